The Labute approximate surface area is 105 Å². The molecule has 0 bridgehead atoms. The summed E-state index contributed by atoms with van der Waals surface area (Å²) in [7, 11) is 0. The minimum absolute atomic E-state index is 0.121. The first-order chi connectivity index (χ1) is 7.89. The third-order valence-electron chi connectivity index (χ3n) is 3.88. The van der Waals surface area contributed by atoms with Crippen LogP contribution in [0.4, 0.5) is 0 Å². The fraction of sp³-hybridized carbons (Fsp3) is 0.615. The first-order valence-electron chi connectivity index (χ1n) is 5.73. The van der Waals surface area contributed by atoms with Crippen molar-refractivity contribution in [1.29, 1.82) is 0 Å². The molecule has 0 aromatic carbocycles. The predicted octanol–water partition coefficient (Wildman–Crippen LogP) is 2.83. The first kappa shape index (κ1) is 12.6. The maximum Gasteiger partial charge on any atom is 0.303 e. The van der Waals surface area contributed by atoms with Gasteiger partial charge < -0.3 is 9.84 Å². The summed E-state index contributed by atoms with van der Waals surface area (Å²) in [6, 6.07) is 2.09. The molecule has 0 radical (unpaired) electrons. The van der Waals surface area contributed by atoms with E-state index in [0.717, 1.165) is 0 Å². The highest BCUT2D eigenvalue weighted by Crippen LogP contribution is 2.51. The first-order valence-corrected chi connectivity index (χ1v) is 6.61. The minimum Gasteiger partial charge on any atom is -0.481 e. The second-order valence-electron chi connectivity index (χ2n) is 5.46. The molecule has 1 aromatic rings. The molecule has 1 aliphatic heterocycles. The lowest BCUT2D eigenvalue weighted by molar-refractivity contribution is -0.150. The average Bonchev–Trinajstić information content (AvgIpc) is 2.47. The molecular formula is C13H18O3S. The zero-order valence-electron chi connectivity index (χ0n) is 10.4. The van der Waals surface area contributed by atoms with E-state index in [1.807, 2.05) is 13.8 Å². The van der Waals surface area contributed by atoms with Crippen molar-refractivity contribution in [3.63, 3.8) is 0 Å². The fourth-order valence-corrected chi connectivity index (χ4v) is 3.83. The van der Waals surface area contributed by atoms with Crippen molar-refractivity contribution in [2.75, 3.05) is 13.2 Å². The summed E-state index contributed by atoms with van der Waals surface area (Å²) >= 11 is 1.71. The molecule has 17 heavy (non-hydrogen) atoms. The SMILES string of the molecule is Cc1ccsc1C1(C(C)(C)CC(=O)O)COC1. The van der Waals surface area contributed by atoms with Gasteiger partial charge in [-0.3, -0.25) is 4.79 Å². The van der Waals surface area contributed by atoms with E-state index in [-0.39, 0.29) is 17.3 Å². The quantitative estimate of drug-likeness (QED) is 0.898. The molecule has 0 saturated carbocycles. The summed E-state index contributed by atoms with van der Waals surface area (Å²) < 4.78 is 5.40. The third kappa shape index (κ3) is 1.89. The Morgan fingerprint density at radius 2 is 2.24 bits per heavy atom. The van der Waals surface area contributed by atoms with Gasteiger partial charge in [-0.25, -0.2) is 0 Å². The maximum atomic E-state index is 11.0. The molecular weight excluding hydrogens is 236 g/mol. The molecule has 1 saturated heterocycles. The van der Waals surface area contributed by atoms with Crippen LogP contribution in [-0.2, 0) is 14.9 Å². The summed E-state index contributed by atoms with van der Waals surface area (Å²) in [6.45, 7) is 7.41. The van der Waals surface area contributed by atoms with Gasteiger partial charge in [0.15, 0.2) is 0 Å². The van der Waals surface area contributed by atoms with Gasteiger partial charge in [0.25, 0.3) is 0 Å². The number of hydrogen-bond acceptors (Lipinski definition) is 3. The number of rotatable bonds is 4. The molecule has 1 aliphatic rings. The molecule has 0 spiro atoms. The summed E-state index contributed by atoms with van der Waals surface area (Å²) in [4.78, 5) is 12.3. The molecule has 0 aliphatic carbocycles. The lowest BCUT2D eigenvalue weighted by Gasteiger charge is -2.52. The number of aryl methyl sites for hydroxylation is 1. The van der Waals surface area contributed by atoms with Crippen LogP contribution in [-0.4, -0.2) is 24.3 Å². The highest BCUT2D eigenvalue weighted by Gasteiger charge is 2.54. The second kappa shape index (κ2) is 4.10. The third-order valence-corrected chi connectivity index (χ3v) is 5.10. The van der Waals surface area contributed by atoms with Gasteiger partial charge in [-0.2, -0.15) is 0 Å². The van der Waals surface area contributed by atoms with E-state index in [2.05, 4.69) is 18.4 Å². The number of thiophene rings is 1. The van der Waals surface area contributed by atoms with Crippen molar-refractivity contribution in [2.24, 2.45) is 5.41 Å². The van der Waals surface area contributed by atoms with E-state index >= 15 is 0 Å². The number of carboxylic acids is 1. The Kier molecular flexibility index (Phi) is 3.04. The summed E-state index contributed by atoms with van der Waals surface area (Å²) in [5, 5.41) is 11.1. The average molecular weight is 254 g/mol. The standard InChI is InChI=1S/C13H18O3S/c1-9-4-5-17-11(9)13(7-16-8-13)12(2,3)6-10(14)15/h4-5H,6-8H2,1-3H3,(H,14,15). The van der Waals surface area contributed by atoms with Crippen LogP contribution in [0.25, 0.3) is 0 Å². The summed E-state index contributed by atoms with van der Waals surface area (Å²) in [5.74, 6) is -0.740. The van der Waals surface area contributed by atoms with Crippen LogP contribution < -0.4 is 0 Å². The monoisotopic (exact) mass is 254 g/mol. The Balaban J connectivity index is 2.38. The molecule has 1 N–H and O–H groups in total. The predicted molar refractivity (Wildman–Crippen MR) is 67.6 cm³/mol. The van der Waals surface area contributed by atoms with Crippen LogP contribution >= 0.6 is 11.3 Å². The lowest BCUT2D eigenvalue weighted by Crippen LogP contribution is -2.57. The van der Waals surface area contributed by atoms with Gasteiger partial charge in [0.2, 0.25) is 0 Å². The maximum absolute atomic E-state index is 11.0. The molecule has 0 atom stereocenters. The van der Waals surface area contributed by atoms with Crippen LogP contribution in [0.3, 0.4) is 0 Å². The van der Waals surface area contributed by atoms with Crippen LogP contribution in [0, 0.1) is 12.3 Å². The van der Waals surface area contributed by atoms with Gasteiger partial charge in [-0.15, -0.1) is 11.3 Å². The van der Waals surface area contributed by atoms with Gasteiger partial charge in [0.1, 0.15) is 0 Å². The van der Waals surface area contributed by atoms with E-state index in [1.165, 1.54) is 10.4 Å². The van der Waals surface area contributed by atoms with Crippen LogP contribution in [0.1, 0.15) is 30.7 Å². The molecule has 2 heterocycles. The Morgan fingerprint density at radius 3 is 2.59 bits per heavy atom. The lowest BCUT2D eigenvalue weighted by atomic mass is 9.61. The van der Waals surface area contributed by atoms with Gasteiger partial charge >= 0.3 is 5.97 Å². The fourth-order valence-electron chi connectivity index (χ4n) is 2.55. The number of ether oxygens (including phenoxy) is 1. The zero-order chi connectivity index (χ0) is 12.7. The van der Waals surface area contributed by atoms with Crippen molar-refractivity contribution < 1.29 is 14.6 Å². The topological polar surface area (TPSA) is 46.5 Å². The second-order valence-corrected chi connectivity index (χ2v) is 6.38. The number of carboxylic acid groups (broad SMARTS) is 1. The number of aliphatic carboxylic acids is 1. The van der Waals surface area contributed by atoms with Crippen molar-refractivity contribution in [3.8, 4) is 0 Å². The highest BCUT2D eigenvalue weighted by molar-refractivity contribution is 7.10. The Bertz CT molecular complexity index is 430. The van der Waals surface area contributed by atoms with E-state index < -0.39 is 5.97 Å². The molecule has 4 heteroatoms. The van der Waals surface area contributed by atoms with Crippen molar-refractivity contribution in [1.82, 2.24) is 0 Å². The van der Waals surface area contributed by atoms with Gasteiger partial charge in [0.05, 0.1) is 25.0 Å². The molecule has 0 unspecified atom stereocenters. The highest BCUT2D eigenvalue weighted by atomic mass is 32.1. The smallest absolute Gasteiger partial charge is 0.303 e. The Hall–Kier alpha value is -0.870. The van der Waals surface area contributed by atoms with E-state index in [1.54, 1.807) is 11.3 Å². The molecule has 0 amide bonds. The zero-order valence-corrected chi connectivity index (χ0v) is 11.3. The molecule has 1 aromatic heterocycles. The molecule has 2 rings (SSSR count). The summed E-state index contributed by atoms with van der Waals surface area (Å²) in [6.07, 6.45) is 0.174. The number of carbonyl (C=O) groups is 1. The minimum atomic E-state index is -0.740. The number of hydrogen-bond donors (Lipinski definition) is 1. The van der Waals surface area contributed by atoms with Crippen LogP contribution in [0.2, 0.25) is 0 Å². The van der Waals surface area contributed by atoms with E-state index in [9.17, 15) is 4.79 Å². The van der Waals surface area contributed by atoms with Crippen molar-refractivity contribution >= 4 is 17.3 Å². The van der Waals surface area contributed by atoms with Crippen molar-refractivity contribution in [2.45, 2.75) is 32.6 Å². The largest absolute Gasteiger partial charge is 0.481 e. The van der Waals surface area contributed by atoms with Crippen LogP contribution in [0.5, 0.6) is 0 Å². The Morgan fingerprint density at radius 1 is 1.59 bits per heavy atom. The van der Waals surface area contributed by atoms with Gasteiger partial charge in [0, 0.05) is 4.88 Å². The molecule has 3 nitrogen and oxygen atoms in total. The summed E-state index contributed by atoms with van der Waals surface area (Å²) in [5.41, 5.74) is 0.841. The molecule has 94 valence electrons. The van der Waals surface area contributed by atoms with E-state index in [0.29, 0.717) is 13.2 Å². The van der Waals surface area contributed by atoms with Crippen molar-refractivity contribution in [3.05, 3.63) is 21.9 Å². The van der Waals surface area contributed by atoms with E-state index in [4.69, 9.17) is 9.84 Å². The molecule has 1 fully saturated rings. The van der Waals surface area contributed by atoms with Gasteiger partial charge in [-0.05, 0) is 29.3 Å². The van der Waals surface area contributed by atoms with Crippen LogP contribution in [0.15, 0.2) is 11.4 Å². The normalized spacial score (nSPS) is 18.8. The van der Waals surface area contributed by atoms with Gasteiger partial charge in [-0.1, -0.05) is 13.8 Å².